The average molecular weight is 294 g/mol. The van der Waals surface area contributed by atoms with Crippen LogP contribution in [0.25, 0.3) is 0 Å². The average Bonchev–Trinajstić information content (AvgIpc) is 2.15. The highest BCUT2D eigenvalue weighted by Gasteiger charge is 2.38. The largest absolute Gasteiger partial charge is 0.436 e. The molecule has 0 atom stereocenters. The van der Waals surface area contributed by atoms with E-state index in [-0.39, 0.29) is 0 Å². The Balaban J connectivity index is 3.28. The van der Waals surface area contributed by atoms with Gasteiger partial charge in [0.05, 0.1) is 0 Å². The lowest BCUT2D eigenvalue weighted by Crippen LogP contribution is -2.08. The van der Waals surface area contributed by atoms with Gasteiger partial charge in [-0.1, -0.05) is 0 Å². The van der Waals surface area contributed by atoms with Crippen molar-refractivity contribution >= 4 is 22.6 Å². The summed E-state index contributed by atoms with van der Waals surface area (Å²) in [6.45, 7) is 0. The second-order valence-corrected chi connectivity index (χ2v) is 3.15. The molecule has 0 aliphatic heterocycles. The first-order chi connectivity index (χ1) is 5.34. The fourth-order valence-corrected chi connectivity index (χ4v) is 1.42. The monoisotopic (exact) mass is 294 g/mol. The van der Waals surface area contributed by atoms with Crippen molar-refractivity contribution in [3.63, 3.8) is 0 Å². The van der Waals surface area contributed by atoms with Gasteiger partial charge in [0, 0.05) is 7.05 Å². The van der Waals surface area contributed by atoms with Crippen LogP contribution in [0.4, 0.5) is 17.6 Å². The van der Waals surface area contributed by atoms with Gasteiger partial charge >= 0.3 is 6.18 Å². The van der Waals surface area contributed by atoms with Crippen LogP contribution in [0.5, 0.6) is 0 Å². The number of hydrogen-bond acceptors (Lipinski definition) is 1. The Bertz CT molecular complexity index is 303. The summed E-state index contributed by atoms with van der Waals surface area (Å²) < 4.78 is 48.7. The first kappa shape index (κ1) is 9.75. The van der Waals surface area contributed by atoms with Crippen molar-refractivity contribution in [2.45, 2.75) is 6.18 Å². The van der Waals surface area contributed by atoms with E-state index < -0.39 is 21.4 Å². The van der Waals surface area contributed by atoms with Crippen molar-refractivity contribution in [2.24, 2.45) is 7.05 Å². The molecule has 0 saturated carbocycles. The fourth-order valence-electron chi connectivity index (χ4n) is 0.659. The predicted octanol–water partition coefficient (Wildman–Crippen LogP) is 2.18. The molecule has 1 aromatic heterocycles. The minimum Gasteiger partial charge on any atom is -0.241 e. The molecule has 0 radical (unpaired) electrons. The van der Waals surface area contributed by atoms with Crippen molar-refractivity contribution in [3.05, 3.63) is 15.2 Å². The lowest BCUT2D eigenvalue weighted by Gasteiger charge is -2.00. The summed E-state index contributed by atoms with van der Waals surface area (Å²) in [5, 5.41) is 2.99. The van der Waals surface area contributed by atoms with Crippen molar-refractivity contribution in [3.8, 4) is 0 Å². The molecule has 0 N–H and O–H groups in total. The number of nitrogens with zero attached hydrogens (tertiary/aromatic N) is 2. The molecular formula is C5H3F4IN2. The van der Waals surface area contributed by atoms with E-state index in [2.05, 4.69) is 5.10 Å². The molecule has 0 unspecified atom stereocenters. The highest BCUT2D eigenvalue weighted by atomic mass is 127. The van der Waals surface area contributed by atoms with Crippen LogP contribution in [0.15, 0.2) is 0 Å². The standard InChI is InChI=1S/C5H3F4IN2/c1-12-4(6)2(10)3(11-12)5(7,8)9/h1H3. The molecule has 0 saturated heterocycles. The molecule has 1 heterocycles. The number of aryl methyl sites for hydroxylation is 1. The second-order valence-electron chi connectivity index (χ2n) is 2.07. The Morgan fingerprint density at radius 1 is 1.42 bits per heavy atom. The third-order valence-corrected chi connectivity index (χ3v) is 2.15. The molecule has 68 valence electrons. The molecule has 7 heteroatoms. The molecule has 1 rings (SSSR count). The molecule has 0 fully saturated rings. The summed E-state index contributed by atoms with van der Waals surface area (Å²) in [7, 11) is 1.12. The third-order valence-electron chi connectivity index (χ3n) is 1.19. The Morgan fingerprint density at radius 2 is 1.92 bits per heavy atom. The predicted molar refractivity (Wildman–Crippen MR) is 40.9 cm³/mol. The van der Waals surface area contributed by atoms with Crippen LogP contribution < -0.4 is 0 Å². The van der Waals surface area contributed by atoms with Gasteiger partial charge in [0.15, 0.2) is 5.69 Å². The van der Waals surface area contributed by atoms with Gasteiger partial charge in [0.25, 0.3) is 0 Å². The molecule has 0 amide bonds. The van der Waals surface area contributed by atoms with Crippen molar-refractivity contribution in [1.29, 1.82) is 0 Å². The lowest BCUT2D eigenvalue weighted by molar-refractivity contribution is -0.142. The molecular weight excluding hydrogens is 291 g/mol. The first-order valence-corrected chi connectivity index (χ1v) is 3.87. The molecule has 2 nitrogen and oxygen atoms in total. The minimum absolute atomic E-state index is 0.498. The Hall–Kier alpha value is -0.340. The van der Waals surface area contributed by atoms with Crippen LogP contribution in [0.1, 0.15) is 5.69 Å². The van der Waals surface area contributed by atoms with Crippen LogP contribution in [-0.2, 0) is 13.2 Å². The van der Waals surface area contributed by atoms with Gasteiger partial charge in [-0.05, 0) is 22.6 Å². The summed E-state index contributed by atoms with van der Waals surface area (Å²) in [5.74, 6) is -0.970. The lowest BCUT2D eigenvalue weighted by atomic mass is 10.4. The molecule has 0 aromatic carbocycles. The Kier molecular flexibility index (Phi) is 2.32. The quantitative estimate of drug-likeness (QED) is 0.530. The highest BCUT2D eigenvalue weighted by molar-refractivity contribution is 14.1. The molecule has 0 spiro atoms. The van der Waals surface area contributed by atoms with Gasteiger partial charge in [0.1, 0.15) is 3.57 Å². The molecule has 0 bridgehead atoms. The summed E-state index contributed by atoms with van der Waals surface area (Å²) >= 11 is 1.27. The highest BCUT2D eigenvalue weighted by Crippen LogP contribution is 2.32. The zero-order valence-electron chi connectivity index (χ0n) is 5.78. The summed E-state index contributed by atoms with van der Waals surface area (Å²) in [4.78, 5) is 0. The van der Waals surface area contributed by atoms with Gasteiger partial charge < -0.3 is 0 Å². The SMILES string of the molecule is Cn1nc(C(F)(F)F)c(I)c1F. The maximum Gasteiger partial charge on any atom is 0.436 e. The van der Waals surface area contributed by atoms with Gasteiger partial charge in [-0.15, -0.1) is 0 Å². The van der Waals surface area contributed by atoms with Crippen LogP contribution in [0.3, 0.4) is 0 Å². The van der Waals surface area contributed by atoms with Crippen molar-refractivity contribution in [1.82, 2.24) is 9.78 Å². The zero-order chi connectivity index (χ0) is 9.52. The molecule has 12 heavy (non-hydrogen) atoms. The van der Waals surface area contributed by atoms with Crippen molar-refractivity contribution < 1.29 is 17.6 Å². The maximum atomic E-state index is 12.7. The normalized spacial score (nSPS) is 12.2. The summed E-state index contributed by atoms with van der Waals surface area (Å²) in [5.41, 5.74) is -1.18. The number of aromatic nitrogens is 2. The number of halogens is 5. The Morgan fingerprint density at radius 3 is 2.08 bits per heavy atom. The van der Waals surface area contributed by atoms with E-state index in [1.807, 2.05) is 0 Å². The van der Waals surface area contributed by atoms with E-state index in [0.717, 1.165) is 7.05 Å². The van der Waals surface area contributed by atoms with Crippen LogP contribution >= 0.6 is 22.6 Å². The third kappa shape index (κ3) is 1.54. The fraction of sp³-hybridized carbons (Fsp3) is 0.400. The molecule has 1 aromatic rings. The first-order valence-electron chi connectivity index (χ1n) is 2.79. The molecule has 0 aliphatic carbocycles. The Labute approximate surface area is 78.7 Å². The number of alkyl halides is 3. The van der Waals surface area contributed by atoms with Gasteiger partial charge in [-0.3, -0.25) is 0 Å². The zero-order valence-corrected chi connectivity index (χ0v) is 7.94. The van der Waals surface area contributed by atoms with Crippen LogP contribution in [0, 0.1) is 9.52 Å². The minimum atomic E-state index is -4.58. The summed E-state index contributed by atoms with van der Waals surface area (Å²) in [6, 6.07) is 0. The second kappa shape index (κ2) is 2.86. The smallest absolute Gasteiger partial charge is 0.241 e. The van der Waals surface area contributed by atoms with Gasteiger partial charge in [-0.25, -0.2) is 4.68 Å². The van der Waals surface area contributed by atoms with E-state index in [4.69, 9.17) is 0 Å². The van der Waals surface area contributed by atoms with E-state index in [1.54, 1.807) is 0 Å². The summed E-state index contributed by atoms with van der Waals surface area (Å²) in [6.07, 6.45) is -4.58. The van der Waals surface area contributed by atoms with Crippen LogP contribution in [0.2, 0.25) is 0 Å². The van der Waals surface area contributed by atoms with E-state index in [0.29, 0.717) is 4.68 Å². The van der Waals surface area contributed by atoms with E-state index in [9.17, 15) is 17.6 Å². The maximum absolute atomic E-state index is 12.7. The van der Waals surface area contributed by atoms with E-state index >= 15 is 0 Å². The molecule has 0 aliphatic rings. The topological polar surface area (TPSA) is 17.8 Å². The van der Waals surface area contributed by atoms with Crippen molar-refractivity contribution in [2.75, 3.05) is 0 Å². The number of rotatable bonds is 0. The number of hydrogen-bond donors (Lipinski definition) is 0. The van der Waals surface area contributed by atoms with Gasteiger partial charge in [-0.2, -0.15) is 22.7 Å². The van der Waals surface area contributed by atoms with Gasteiger partial charge in [0.2, 0.25) is 5.95 Å². The van der Waals surface area contributed by atoms with E-state index in [1.165, 1.54) is 22.6 Å². The van der Waals surface area contributed by atoms with Crippen LogP contribution in [-0.4, -0.2) is 9.78 Å².